The molecule has 1 aliphatic heterocycles. The first kappa shape index (κ1) is 13.0. The van der Waals surface area contributed by atoms with E-state index in [1.165, 1.54) is 0 Å². The minimum Gasteiger partial charge on any atom is -0.481 e. The summed E-state index contributed by atoms with van der Waals surface area (Å²) in [5.74, 6) is 1.17. The molecule has 2 unspecified atom stereocenters. The van der Waals surface area contributed by atoms with Crippen LogP contribution >= 0.6 is 0 Å². The molecule has 2 heterocycles. The molecule has 6 nitrogen and oxygen atoms in total. The third-order valence-electron chi connectivity index (χ3n) is 2.92. The van der Waals surface area contributed by atoms with Crippen molar-refractivity contribution < 1.29 is 14.6 Å². The zero-order chi connectivity index (χ0) is 13.0. The molecule has 0 amide bonds. The van der Waals surface area contributed by atoms with Crippen molar-refractivity contribution >= 4 is 5.95 Å². The first-order valence-electron chi connectivity index (χ1n) is 6.10. The lowest BCUT2D eigenvalue weighted by Gasteiger charge is -2.36. The van der Waals surface area contributed by atoms with Crippen LogP contribution in [0, 0.1) is 0 Å². The summed E-state index contributed by atoms with van der Waals surface area (Å²) in [6.07, 6.45) is 1.95. The van der Waals surface area contributed by atoms with Crippen molar-refractivity contribution in [2.24, 2.45) is 0 Å². The highest BCUT2D eigenvalue weighted by molar-refractivity contribution is 5.34. The fraction of sp³-hybridized carbons (Fsp3) is 0.667. The second-order valence-corrected chi connectivity index (χ2v) is 4.41. The number of hydrogen-bond donors (Lipinski definition) is 1. The molecule has 2 atom stereocenters. The van der Waals surface area contributed by atoms with Gasteiger partial charge >= 0.3 is 0 Å². The van der Waals surface area contributed by atoms with Gasteiger partial charge in [0.15, 0.2) is 0 Å². The van der Waals surface area contributed by atoms with Crippen LogP contribution in [0.1, 0.15) is 13.3 Å². The predicted octanol–water partition coefficient (Wildman–Crippen LogP) is 0.461. The largest absolute Gasteiger partial charge is 0.481 e. The molecule has 2 rings (SSSR count). The Morgan fingerprint density at radius 3 is 3.22 bits per heavy atom. The van der Waals surface area contributed by atoms with Gasteiger partial charge in [-0.15, -0.1) is 0 Å². The number of aromatic nitrogens is 2. The van der Waals surface area contributed by atoms with Gasteiger partial charge in [-0.1, -0.05) is 0 Å². The molecule has 0 bridgehead atoms. The highest BCUT2D eigenvalue weighted by atomic mass is 16.5. The van der Waals surface area contributed by atoms with Gasteiger partial charge in [0, 0.05) is 18.8 Å². The Labute approximate surface area is 107 Å². The van der Waals surface area contributed by atoms with Crippen LogP contribution in [0.4, 0.5) is 5.95 Å². The number of rotatable bonds is 4. The van der Waals surface area contributed by atoms with Crippen LogP contribution in [-0.4, -0.2) is 54.1 Å². The Morgan fingerprint density at radius 2 is 2.50 bits per heavy atom. The lowest BCUT2D eigenvalue weighted by Crippen LogP contribution is -2.47. The third-order valence-corrected chi connectivity index (χ3v) is 2.92. The fourth-order valence-corrected chi connectivity index (χ4v) is 2.09. The molecule has 0 aliphatic carbocycles. The molecule has 1 N–H and O–H groups in total. The molecule has 18 heavy (non-hydrogen) atoms. The Morgan fingerprint density at radius 1 is 1.67 bits per heavy atom. The van der Waals surface area contributed by atoms with Crippen molar-refractivity contribution in [1.29, 1.82) is 0 Å². The van der Waals surface area contributed by atoms with Crippen molar-refractivity contribution in [3.05, 3.63) is 12.3 Å². The van der Waals surface area contributed by atoms with E-state index in [4.69, 9.17) is 9.47 Å². The maximum absolute atomic E-state index is 9.52. The van der Waals surface area contributed by atoms with Crippen molar-refractivity contribution in [2.75, 3.05) is 31.8 Å². The number of aliphatic hydroxyl groups excluding tert-OH is 1. The van der Waals surface area contributed by atoms with E-state index in [0.29, 0.717) is 31.5 Å². The second kappa shape index (κ2) is 5.97. The molecule has 0 aromatic carbocycles. The SMILES string of the molecule is COc1ccnc(N2CCOCC2CC(C)O)n1. The molecule has 0 spiro atoms. The van der Waals surface area contributed by atoms with Gasteiger partial charge < -0.3 is 19.5 Å². The third kappa shape index (κ3) is 3.08. The monoisotopic (exact) mass is 253 g/mol. The molecular formula is C12H19N3O3. The molecule has 100 valence electrons. The van der Waals surface area contributed by atoms with Crippen molar-refractivity contribution in [1.82, 2.24) is 9.97 Å². The molecule has 1 fully saturated rings. The van der Waals surface area contributed by atoms with Gasteiger partial charge in [0.2, 0.25) is 11.8 Å². The van der Waals surface area contributed by atoms with Crippen LogP contribution in [0.25, 0.3) is 0 Å². The quantitative estimate of drug-likeness (QED) is 0.841. The molecule has 6 heteroatoms. The smallest absolute Gasteiger partial charge is 0.229 e. The lowest BCUT2D eigenvalue weighted by molar-refractivity contribution is 0.0713. The summed E-state index contributed by atoms with van der Waals surface area (Å²) < 4.78 is 10.6. The van der Waals surface area contributed by atoms with Crippen LogP contribution in [0.5, 0.6) is 5.88 Å². The average Bonchev–Trinajstić information content (AvgIpc) is 2.39. The van der Waals surface area contributed by atoms with E-state index in [2.05, 4.69) is 14.9 Å². The number of ether oxygens (including phenoxy) is 2. The number of nitrogens with zero attached hydrogens (tertiary/aromatic N) is 3. The van der Waals surface area contributed by atoms with Crippen LogP contribution in [0.2, 0.25) is 0 Å². The molecule has 0 radical (unpaired) electrons. The zero-order valence-corrected chi connectivity index (χ0v) is 10.7. The number of methoxy groups -OCH3 is 1. The van der Waals surface area contributed by atoms with Gasteiger partial charge in [0.1, 0.15) is 0 Å². The van der Waals surface area contributed by atoms with Gasteiger partial charge in [-0.25, -0.2) is 4.98 Å². The summed E-state index contributed by atoms with van der Waals surface area (Å²) in [6, 6.07) is 1.82. The summed E-state index contributed by atoms with van der Waals surface area (Å²) in [6.45, 7) is 3.74. The predicted molar refractivity (Wildman–Crippen MR) is 66.8 cm³/mol. The first-order valence-corrected chi connectivity index (χ1v) is 6.10. The van der Waals surface area contributed by atoms with Crippen LogP contribution in [0.3, 0.4) is 0 Å². The molecule has 1 aromatic heterocycles. The summed E-state index contributed by atoms with van der Waals surface area (Å²) in [7, 11) is 1.58. The van der Waals surface area contributed by atoms with Gasteiger partial charge in [0.25, 0.3) is 0 Å². The summed E-state index contributed by atoms with van der Waals surface area (Å²) in [5.41, 5.74) is 0. The standard InChI is InChI=1S/C12H19N3O3/c1-9(16)7-10-8-18-6-5-15(10)12-13-4-3-11(14-12)17-2/h3-4,9-10,16H,5-8H2,1-2H3. The fourth-order valence-electron chi connectivity index (χ4n) is 2.09. The van der Waals surface area contributed by atoms with Crippen LogP contribution < -0.4 is 9.64 Å². The number of morpholine rings is 1. The molecule has 1 aromatic rings. The van der Waals surface area contributed by atoms with E-state index in [9.17, 15) is 5.11 Å². The minimum atomic E-state index is -0.371. The number of anilines is 1. The van der Waals surface area contributed by atoms with Gasteiger partial charge in [-0.05, 0) is 13.3 Å². The second-order valence-electron chi connectivity index (χ2n) is 4.41. The van der Waals surface area contributed by atoms with Gasteiger partial charge in [-0.3, -0.25) is 0 Å². The minimum absolute atomic E-state index is 0.103. The van der Waals surface area contributed by atoms with E-state index in [0.717, 1.165) is 6.54 Å². The molecule has 1 aliphatic rings. The Bertz CT molecular complexity index is 387. The van der Waals surface area contributed by atoms with E-state index in [1.54, 1.807) is 26.3 Å². The number of hydrogen-bond acceptors (Lipinski definition) is 6. The summed E-state index contributed by atoms with van der Waals surface area (Å²) >= 11 is 0. The lowest BCUT2D eigenvalue weighted by atomic mass is 10.1. The van der Waals surface area contributed by atoms with E-state index in [-0.39, 0.29) is 12.1 Å². The first-order chi connectivity index (χ1) is 8.70. The Balaban J connectivity index is 2.16. The summed E-state index contributed by atoms with van der Waals surface area (Å²) in [4.78, 5) is 10.7. The maximum atomic E-state index is 9.52. The Hall–Kier alpha value is -1.40. The highest BCUT2D eigenvalue weighted by Gasteiger charge is 2.26. The Kier molecular flexibility index (Phi) is 4.33. The topological polar surface area (TPSA) is 67.7 Å². The highest BCUT2D eigenvalue weighted by Crippen LogP contribution is 2.20. The molecule has 0 saturated carbocycles. The van der Waals surface area contributed by atoms with Crippen molar-refractivity contribution in [2.45, 2.75) is 25.5 Å². The van der Waals surface area contributed by atoms with E-state index in [1.807, 2.05) is 0 Å². The van der Waals surface area contributed by atoms with E-state index >= 15 is 0 Å². The molecule has 1 saturated heterocycles. The van der Waals surface area contributed by atoms with Crippen LogP contribution in [0.15, 0.2) is 12.3 Å². The number of aliphatic hydroxyl groups is 1. The van der Waals surface area contributed by atoms with Crippen LogP contribution in [-0.2, 0) is 4.74 Å². The van der Waals surface area contributed by atoms with Crippen molar-refractivity contribution in [3.63, 3.8) is 0 Å². The zero-order valence-electron chi connectivity index (χ0n) is 10.7. The average molecular weight is 253 g/mol. The van der Waals surface area contributed by atoms with E-state index < -0.39 is 0 Å². The summed E-state index contributed by atoms with van der Waals surface area (Å²) in [5, 5.41) is 9.52. The normalized spacial score (nSPS) is 21.7. The van der Waals surface area contributed by atoms with Gasteiger partial charge in [0.05, 0.1) is 32.5 Å². The van der Waals surface area contributed by atoms with Gasteiger partial charge in [-0.2, -0.15) is 4.98 Å². The maximum Gasteiger partial charge on any atom is 0.229 e. The molecular weight excluding hydrogens is 234 g/mol. The van der Waals surface area contributed by atoms with Crippen molar-refractivity contribution in [3.8, 4) is 5.88 Å².